The van der Waals surface area contributed by atoms with E-state index in [1.54, 1.807) is 0 Å². The molecule has 3 rings (SSSR count). The number of rotatable bonds is 5. The van der Waals surface area contributed by atoms with Gasteiger partial charge in [-0.05, 0) is 66.5 Å². The summed E-state index contributed by atoms with van der Waals surface area (Å²) in [5.74, 6) is -2.37. The highest BCUT2D eigenvalue weighted by Gasteiger charge is 2.22. The van der Waals surface area contributed by atoms with Gasteiger partial charge in [-0.3, -0.25) is 0 Å². The highest BCUT2D eigenvalue weighted by molar-refractivity contribution is 5.65. The van der Waals surface area contributed by atoms with Crippen LogP contribution in [0.3, 0.4) is 0 Å². The van der Waals surface area contributed by atoms with Crippen LogP contribution in [0, 0.1) is 35.1 Å². The lowest BCUT2D eigenvalue weighted by atomic mass is 9.78. The topological polar surface area (TPSA) is 0 Å². The Balaban J connectivity index is 1.74. The van der Waals surface area contributed by atoms with Crippen molar-refractivity contribution in [3.05, 3.63) is 59.2 Å². The van der Waals surface area contributed by atoms with Crippen molar-refractivity contribution in [2.45, 2.75) is 51.9 Å². The Morgan fingerprint density at radius 3 is 1.96 bits per heavy atom. The molecule has 2 aromatic carbocycles. The van der Waals surface area contributed by atoms with Crippen LogP contribution in [0.15, 0.2) is 30.3 Å². The fourth-order valence-corrected chi connectivity index (χ4v) is 4.14. The van der Waals surface area contributed by atoms with Crippen molar-refractivity contribution in [2.75, 3.05) is 0 Å². The Morgan fingerprint density at radius 2 is 1.38 bits per heavy atom. The van der Waals surface area contributed by atoms with Gasteiger partial charge in [-0.2, -0.15) is 0 Å². The number of hydrogen-bond donors (Lipinski definition) is 0. The molecule has 0 N–H and O–H groups in total. The Kier molecular flexibility index (Phi) is 6.00. The van der Waals surface area contributed by atoms with Gasteiger partial charge in [-0.25, -0.2) is 17.6 Å². The van der Waals surface area contributed by atoms with Gasteiger partial charge in [0.25, 0.3) is 0 Å². The predicted molar refractivity (Wildman–Crippen MR) is 95.8 cm³/mol. The molecule has 0 spiro atoms. The van der Waals surface area contributed by atoms with Gasteiger partial charge in [0.15, 0.2) is 11.6 Å². The molecule has 0 radical (unpaired) electrons. The molecule has 1 fully saturated rings. The summed E-state index contributed by atoms with van der Waals surface area (Å²) in [5.41, 5.74) is 0.329. The maximum atomic E-state index is 14.5. The quantitative estimate of drug-likeness (QED) is 0.498. The molecule has 0 aromatic heterocycles. The SMILES string of the molecule is CCCC1CCC(Cc2cc(F)c(-c3ccc(F)c(F)c3)c(F)c2)CC1. The molecular formula is C22H24F4. The van der Waals surface area contributed by atoms with Gasteiger partial charge < -0.3 is 0 Å². The second-order valence-electron chi connectivity index (χ2n) is 7.44. The summed E-state index contributed by atoms with van der Waals surface area (Å²) in [7, 11) is 0. The Morgan fingerprint density at radius 1 is 0.769 bits per heavy atom. The van der Waals surface area contributed by atoms with Gasteiger partial charge in [0, 0.05) is 0 Å². The number of benzene rings is 2. The third-order valence-corrected chi connectivity index (χ3v) is 5.50. The van der Waals surface area contributed by atoms with Crippen molar-refractivity contribution >= 4 is 0 Å². The molecule has 1 aliphatic carbocycles. The largest absolute Gasteiger partial charge is 0.206 e. The van der Waals surface area contributed by atoms with Crippen LogP contribution >= 0.6 is 0 Å². The lowest BCUT2D eigenvalue weighted by molar-refractivity contribution is 0.261. The van der Waals surface area contributed by atoms with Gasteiger partial charge in [-0.15, -0.1) is 0 Å². The van der Waals surface area contributed by atoms with E-state index in [0.717, 1.165) is 30.9 Å². The lowest BCUT2D eigenvalue weighted by Crippen LogP contribution is -2.16. The molecule has 0 heterocycles. The molecule has 0 saturated heterocycles. The van der Waals surface area contributed by atoms with Crippen LogP contribution in [-0.4, -0.2) is 0 Å². The minimum absolute atomic E-state index is 0.00511. The van der Waals surface area contributed by atoms with Crippen LogP contribution in [0.25, 0.3) is 11.1 Å². The number of halogens is 4. The first-order chi connectivity index (χ1) is 12.5. The van der Waals surface area contributed by atoms with E-state index in [-0.39, 0.29) is 11.1 Å². The average molecular weight is 364 g/mol. The Hall–Kier alpha value is -1.84. The van der Waals surface area contributed by atoms with Gasteiger partial charge in [0.1, 0.15) is 11.6 Å². The van der Waals surface area contributed by atoms with E-state index in [0.29, 0.717) is 17.9 Å². The fraction of sp³-hybridized carbons (Fsp3) is 0.455. The van der Waals surface area contributed by atoms with Crippen molar-refractivity contribution in [1.29, 1.82) is 0 Å². The number of hydrogen-bond acceptors (Lipinski definition) is 0. The molecule has 140 valence electrons. The molecular weight excluding hydrogens is 340 g/mol. The van der Waals surface area contributed by atoms with Crippen LogP contribution in [-0.2, 0) is 6.42 Å². The van der Waals surface area contributed by atoms with Crippen molar-refractivity contribution in [3.63, 3.8) is 0 Å². The molecule has 0 atom stereocenters. The van der Waals surface area contributed by atoms with Crippen molar-refractivity contribution in [2.24, 2.45) is 11.8 Å². The van der Waals surface area contributed by atoms with E-state index in [2.05, 4.69) is 6.92 Å². The molecule has 1 saturated carbocycles. The van der Waals surface area contributed by atoms with Crippen molar-refractivity contribution in [3.8, 4) is 11.1 Å². The smallest absolute Gasteiger partial charge is 0.159 e. The van der Waals surface area contributed by atoms with E-state index < -0.39 is 23.3 Å². The zero-order valence-electron chi connectivity index (χ0n) is 15.0. The summed E-state index contributed by atoms with van der Waals surface area (Å²) in [4.78, 5) is 0. The lowest BCUT2D eigenvalue weighted by Gasteiger charge is -2.28. The summed E-state index contributed by atoms with van der Waals surface area (Å²) >= 11 is 0. The first-order valence-electron chi connectivity index (χ1n) is 9.41. The van der Waals surface area contributed by atoms with Crippen LogP contribution in [0.4, 0.5) is 17.6 Å². The maximum absolute atomic E-state index is 14.5. The standard InChI is InChI=1S/C22H24F4/c1-2-3-14-4-6-15(7-5-14)10-16-11-20(25)22(21(26)12-16)17-8-9-18(23)19(24)13-17/h8-9,11-15H,2-7,10H2,1H3. The molecule has 4 heteroatoms. The summed E-state index contributed by atoms with van der Waals surface area (Å²) in [6.45, 7) is 2.20. The third-order valence-electron chi connectivity index (χ3n) is 5.50. The summed E-state index contributed by atoms with van der Waals surface area (Å²) < 4.78 is 55.4. The van der Waals surface area contributed by atoms with Crippen molar-refractivity contribution in [1.82, 2.24) is 0 Å². The normalized spacial score (nSPS) is 20.3. The zero-order valence-corrected chi connectivity index (χ0v) is 15.0. The molecule has 0 amide bonds. The van der Waals surface area contributed by atoms with Gasteiger partial charge in [0.2, 0.25) is 0 Å². The van der Waals surface area contributed by atoms with E-state index in [1.165, 1.54) is 43.9 Å². The van der Waals surface area contributed by atoms with E-state index in [9.17, 15) is 17.6 Å². The average Bonchev–Trinajstić information content (AvgIpc) is 2.59. The second kappa shape index (κ2) is 8.24. The van der Waals surface area contributed by atoms with E-state index >= 15 is 0 Å². The minimum atomic E-state index is -1.12. The molecule has 0 aliphatic heterocycles. The molecule has 26 heavy (non-hydrogen) atoms. The van der Waals surface area contributed by atoms with E-state index in [4.69, 9.17) is 0 Å². The zero-order chi connectivity index (χ0) is 18.7. The Bertz CT molecular complexity index is 738. The van der Waals surface area contributed by atoms with E-state index in [1.807, 2.05) is 0 Å². The van der Waals surface area contributed by atoms with Crippen LogP contribution in [0.2, 0.25) is 0 Å². The minimum Gasteiger partial charge on any atom is -0.206 e. The van der Waals surface area contributed by atoms with Crippen LogP contribution in [0.5, 0.6) is 0 Å². The highest BCUT2D eigenvalue weighted by atomic mass is 19.2. The highest BCUT2D eigenvalue weighted by Crippen LogP contribution is 2.35. The predicted octanol–water partition coefficient (Wildman–Crippen LogP) is 7.06. The first kappa shape index (κ1) is 18.9. The summed E-state index contributed by atoms with van der Waals surface area (Å²) in [5, 5.41) is 0. The van der Waals surface area contributed by atoms with Crippen molar-refractivity contribution < 1.29 is 17.6 Å². The Labute approximate surface area is 152 Å². The monoisotopic (exact) mass is 364 g/mol. The van der Waals surface area contributed by atoms with Crippen LogP contribution in [0.1, 0.15) is 51.0 Å². The third kappa shape index (κ3) is 4.28. The molecule has 0 nitrogen and oxygen atoms in total. The molecule has 2 aromatic rings. The summed E-state index contributed by atoms with van der Waals surface area (Å²) in [6, 6.07) is 5.56. The molecule has 1 aliphatic rings. The molecule has 0 bridgehead atoms. The van der Waals surface area contributed by atoms with Gasteiger partial charge in [-0.1, -0.05) is 38.7 Å². The maximum Gasteiger partial charge on any atom is 0.159 e. The fourth-order valence-electron chi connectivity index (χ4n) is 4.14. The van der Waals surface area contributed by atoms with Gasteiger partial charge >= 0.3 is 0 Å². The summed E-state index contributed by atoms with van der Waals surface area (Å²) in [6.07, 6.45) is 7.70. The first-order valence-corrected chi connectivity index (χ1v) is 9.41. The van der Waals surface area contributed by atoms with Gasteiger partial charge in [0.05, 0.1) is 5.56 Å². The molecule has 0 unspecified atom stereocenters. The van der Waals surface area contributed by atoms with Crippen LogP contribution < -0.4 is 0 Å². The second-order valence-corrected chi connectivity index (χ2v) is 7.44.